The first-order chi connectivity index (χ1) is 7.97. The maximum atomic E-state index is 12.3. The lowest BCUT2D eigenvalue weighted by Gasteiger charge is -2.36. The van der Waals surface area contributed by atoms with Crippen molar-refractivity contribution in [2.24, 2.45) is 11.1 Å². The van der Waals surface area contributed by atoms with Crippen LogP contribution in [0.5, 0.6) is 0 Å². The van der Waals surface area contributed by atoms with E-state index < -0.39 is 0 Å². The van der Waals surface area contributed by atoms with Crippen molar-refractivity contribution in [1.29, 1.82) is 0 Å². The molecule has 0 saturated carbocycles. The zero-order valence-corrected chi connectivity index (χ0v) is 12.9. The fourth-order valence-electron chi connectivity index (χ4n) is 2.07. The molecular weight excluding hydrogens is 224 g/mol. The maximum absolute atomic E-state index is 12.3. The molecule has 0 aliphatic heterocycles. The Morgan fingerprint density at radius 3 is 2.11 bits per heavy atom. The molecule has 0 aliphatic carbocycles. The summed E-state index contributed by atoms with van der Waals surface area (Å²) in [6.45, 7) is 16.8. The number of amides is 1. The first-order valence-corrected chi connectivity index (χ1v) is 6.64. The van der Waals surface area contributed by atoms with Gasteiger partial charge in [0.2, 0.25) is 5.91 Å². The molecule has 0 aliphatic rings. The number of nitrogens with zero attached hydrogens (tertiary/aromatic N) is 1. The highest BCUT2D eigenvalue weighted by atomic mass is 16.2. The second kappa shape index (κ2) is 6.37. The first-order valence-electron chi connectivity index (χ1n) is 6.64. The summed E-state index contributed by atoms with van der Waals surface area (Å²) in [6, 6.07) is -0.0767. The van der Waals surface area contributed by atoms with E-state index in [2.05, 4.69) is 27.4 Å². The Morgan fingerprint density at radius 1 is 1.28 bits per heavy atom. The number of hydrogen-bond donors (Lipinski definition) is 1. The monoisotopic (exact) mass is 254 g/mol. The topological polar surface area (TPSA) is 46.3 Å². The Kier molecular flexibility index (Phi) is 6.08. The molecule has 3 heteroatoms. The molecule has 0 radical (unpaired) electrons. The molecule has 0 heterocycles. The molecule has 0 aromatic rings. The molecule has 0 spiro atoms. The molecule has 18 heavy (non-hydrogen) atoms. The van der Waals surface area contributed by atoms with Crippen molar-refractivity contribution in [3.63, 3.8) is 0 Å². The highest BCUT2D eigenvalue weighted by Gasteiger charge is 2.27. The van der Waals surface area contributed by atoms with E-state index in [1.807, 2.05) is 25.7 Å². The van der Waals surface area contributed by atoms with E-state index in [0.717, 1.165) is 6.42 Å². The molecule has 1 unspecified atom stereocenters. The van der Waals surface area contributed by atoms with E-state index in [9.17, 15) is 4.79 Å². The van der Waals surface area contributed by atoms with Crippen LogP contribution in [0.15, 0.2) is 12.7 Å². The summed E-state index contributed by atoms with van der Waals surface area (Å²) < 4.78 is 0. The Labute approximate surface area is 112 Å². The third-order valence-electron chi connectivity index (χ3n) is 2.73. The first kappa shape index (κ1) is 17.2. The molecule has 1 atom stereocenters. The lowest BCUT2D eigenvalue weighted by molar-refractivity contribution is -0.135. The zero-order valence-electron chi connectivity index (χ0n) is 12.9. The lowest BCUT2D eigenvalue weighted by Crippen LogP contribution is -2.47. The van der Waals surface area contributed by atoms with Gasteiger partial charge in [-0.2, -0.15) is 0 Å². The minimum atomic E-state index is -0.188. The molecule has 0 saturated heterocycles. The van der Waals surface area contributed by atoms with Crippen LogP contribution in [0.3, 0.4) is 0 Å². The van der Waals surface area contributed by atoms with Crippen LogP contribution in [0.4, 0.5) is 0 Å². The van der Waals surface area contributed by atoms with Gasteiger partial charge in [-0.25, -0.2) is 0 Å². The van der Waals surface area contributed by atoms with Crippen molar-refractivity contribution in [3.8, 4) is 0 Å². The molecule has 0 rings (SSSR count). The molecule has 0 bridgehead atoms. The van der Waals surface area contributed by atoms with E-state index in [4.69, 9.17) is 5.73 Å². The fraction of sp³-hybridized carbons (Fsp3) is 0.800. The highest BCUT2D eigenvalue weighted by molar-refractivity contribution is 5.77. The van der Waals surface area contributed by atoms with Crippen LogP contribution < -0.4 is 5.73 Å². The summed E-state index contributed by atoms with van der Waals surface area (Å²) in [5, 5.41) is 0. The van der Waals surface area contributed by atoms with E-state index in [-0.39, 0.29) is 22.9 Å². The summed E-state index contributed by atoms with van der Waals surface area (Å²) in [5.74, 6) is 0.110. The number of hydrogen-bond acceptors (Lipinski definition) is 2. The fourth-order valence-corrected chi connectivity index (χ4v) is 2.07. The Hall–Kier alpha value is -0.830. The molecule has 106 valence electrons. The second-order valence-electron chi connectivity index (χ2n) is 7.19. The maximum Gasteiger partial charge on any atom is 0.224 e. The minimum Gasteiger partial charge on any atom is -0.334 e. The highest BCUT2D eigenvalue weighted by Crippen LogP contribution is 2.22. The number of rotatable bonds is 5. The molecule has 2 N–H and O–H groups in total. The smallest absolute Gasteiger partial charge is 0.224 e. The standard InChI is InChI=1S/C15H30N2O/c1-8-9-17(15(5,6)7)13(18)10-12(16)11-14(2,3)4/h8,12H,1,9-11,16H2,2-7H3. The van der Waals surface area contributed by atoms with E-state index >= 15 is 0 Å². The van der Waals surface area contributed by atoms with Crippen LogP contribution in [0.1, 0.15) is 54.4 Å². The van der Waals surface area contributed by atoms with E-state index in [1.54, 1.807) is 6.08 Å². The minimum absolute atomic E-state index is 0.0767. The molecule has 3 nitrogen and oxygen atoms in total. The van der Waals surface area contributed by atoms with Gasteiger partial charge in [-0.05, 0) is 32.6 Å². The third-order valence-corrected chi connectivity index (χ3v) is 2.73. The van der Waals surface area contributed by atoms with Crippen molar-refractivity contribution >= 4 is 5.91 Å². The average Bonchev–Trinajstić information content (AvgIpc) is 2.08. The summed E-state index contributed by atoms with van der Waals surface area (Å²) in [6.07, 6.45) is 3.02. The van der Waals surface area contributed by atoms with Gasteiger partial charge < -0.3 is 10.6 Å². The van der Waals surface area contributed by atoms with Crippen molar-refractivity contribution < 1.29 is 4.79 Å². The van der Waals surface area contributed by atoms with Crippen LogP contribution in [0, 0.1) is 5.41 Å². The number of carbonyl (C=O) groups excluding carboxylic acids is 1. The van der Waals surface area contributed by atoms with Crippen LogP contribution >= 0.6 is 0 Å². The molecule has 0 aromatic heterocycles. The van der Waals surface area contributed by atoms with Gasteiger partial charge in [-0.3, -0.25) is 4.79 Å². The van der Waals surface area contributed by atoms with Crippen molar-refractivity contribution in [2.75, 3.05) is 6.54 Å². The van der Waals surface area contributed by atoms with Gasteiger partial charge >= 0.3 is 0 Å². The van der Waals surface area contributed by atoms with Gasteiger partial charge in [0.1, 0.15) is 0 Å². The van der Waals surface area contributed by atoms with Gasteiger partial charge in [-0.15, -0.1) is 6.58 Å². The van der Waals surface area contributed by atoms with Crippen LogP contribution in [0.25, 0.3) is 0 Å². The summed E-state index contributed by atoms with van der Waals surface area (Å²) in [5.41, 5.74) is 6.03. The Bertz CT molecular complexity index is 284. The third kappa shape index (κ3) is 6.80. The Morgan fingerprint density at radius 2 is 1.78 bits per heavy atom. The predicted octanol–water partition coefficient (Wildman–Crippen LogP) is 2.95. The number of nitrogens with two attached hydrogens (primary N) is 1. The molecule has 0 aromatic carbocycles. The van der Waals surface area contributed by atoms with Crippen LogP contribution in [-0.2, 0) is 4.79 Å². The largest absolute Gasteiger partial charge is 0.334 e. The van der Waals surface area contributed by atoms with E-state index in [1.165, 1.54) is 0 Å². The SMILES string of the molecule is C=CCN(C(=O)CC(N)CC(C)(C)C)C(C)(C)C. The van der Waals surface area contributed by atoms with Crippen LogP contribution in [-0.4, -0.2) is 28.9 Å². The average molecular weight is 254 g/mol. The zero-order chi connectivity index (χ0) is 14.6. The van der Waals surface area contributed by atoms with E-state index in [0.29, 0.717) is 13.0 Å². The van der Waals surface area contributed by atoms with Crippen molar-refractivity contribution in [2.45, 2.75) is 66.0 Å². The molecular formula is C15H30N2O. The van der Waals surface area contributed by atoms with Crippen molar-refractivity contribution in [1.82, 2.24) is 4.90 Å². The van der Waals surface area contributed by atoms with Crippen LogP contribution in [0.2, 0.25) is 0 Å². The molecule has 1 amide bonds. The van der Waals surface area contributed by atoms with Gasteiger partial charge in [0.15, 0.2) is 0 Å². The van der Waals surface area contributed by atoms with Crippen molar-refractivity contribution in [3.05, 3.63) is 12.7 Å². The summed E-state index contributed by atoms with van der Waals surface area (Å²) in [4.78, 5) is 14.1. The summed E-state index contributed by atoms with van der Waals surface area (Å²) >= 11 is 0. The van der Waals surface area contributed by atoms with Gasteiger partial charge in [0.25, 0.3) is 0 Å². The Balaban J connectivity index is 4.57. The molecule has 0 fully saturated rings. The summed E-state index contributed by atoms with van der Waals surface area (Å²) in [7, 11) is 0. The quantitative estimate of drug-likeness (QED) is 0.767. The van der Waals surface area contributed by atoms with Gasteiger partial charge in [-0.1, -0.05) is 26.8 Å². The normalized spacial score (nSPS) is 14.2. The number of carbonyl (C=O) groups is 1. The lowest BCUT2D eigenvalue weighted by atomic mass is 9.87. The second-order valence-corrected chi connectivity index (χ2v) is 7.19. The van der Waals surface area contributed by atoms with Gasteiger partial charge in [0.05, 0.1) is 0 Å². The van der Waals surface area contributed by atoms with Gasteiger partial charge in [0, 0.05) is 24.5 Å². The predicted molar refractivity (Wildman–Crippen MR) is 78.3 cm³/mol.